The number of hydrogen-bond acceptors (Lipinski definition) is 0. The lowest BCUT2D eigenvalue weighted by Crippen LogP contribution is -2.31. The highest BCUT2D eigenvalue weighted by molar-refractivity contribution is 9.24. The normalized spacial score (nSPS) is 44.2. The van der Waals surface area contributed by atoms with Crippen LogP contribution in [0.1, 0.15) is 26.2 Å². The molecule has 2 rings (SSSR count). The van der Waals surface area contributed by atoms with E-state index in [1.165, 1.54) is 31.9 Å². The third-order valence-electron chi connectivity index (χ3n) is 3.32. The van der Waals surface area contributed by atoms with Gasteiger partial charge in [-0.3, -0.25) is 0 Å². The molecule has 2 aliphatic rings. The molecule has 0 nitrogen and oxygen atoms in total. The van der Waals surface area contributed by atoms with Crippen LogP contribution >= 0.6 is 15.8 Å². The summed E-state index contributed by atoms with van der Waals surface area (Å²) in [5, 5.41) is 0. The first-order valence-electron chi connectivity index (χ1n) is 4.88. The summed E-state index contributed by atoms with van der Waals surface area (Å²) in [6.45, 7) is 2.42. The molecule has 1 aliphatic carbocycles. The zero-order chi connectivity index (χ0) is 7.84. The summed E-state index contributed by atoms with van der Waals surface area (Å²) in [6, 6.07) is 0. The summed E-state index contributed by atoms with van der Waals surface area (Å²) in [5.41, 5.74) is 0.846. The van der Waals surface area contributed by atoms with Crippen LogP contribution < -0.4 is 0 Å². The molecule has 62 valence electrons. The van der Waals surface area contributed by atoms with Crippen molar-refractivity contribution in [3.63, 3.8) is 0 Å². The number of halogens is 1. The minimum Gasteiger partial charge on any atom is -0.157 e. The molecule has 0 aromatic heterocycles. The van der Waals surface area contributed by atoms with Gasteiger partial charge in [-0.15, -0.1) is 0 Å². The van der Waals surface area contributed by atoms with Gasteiger partial charge in [0.15, 0.2) is 0 Å². The van der Waals surface area contributed by atoms with Crippen LogP contribution in [0.25, 0.3) is 0 Å². The second kappa shape index (κ2) is 3.12. The van der Waals surface area contributed by atoms with Gasteiger partial charge in [-0.2, -0.15) is 15.8 Å². The molecule has 11 heavy (non-hydrogen) atoms. The fourth-order valence-electron chi connectivity index (χ4n) is 3.10. The highest BCUT2D eigenvalue weighted by Gasteiger charge is 2.34. The monoisotopic (exact) mass is 214 g/mol. The Morgan fingerprint density at radius 3 is 2.18 bits per heavy atom. The molecule has 2 unspecified atom stereocenters. The third-order valence-corrected chi connectivity index (χ3v) is 4.06. The van der Waals surface area contributed by atoms with Gasteiger partial charge in [0, 0.05) is 0 Å². The zero-order valence-electron chi connectivity index (χ0n) is 7.22. The van der Waals surface area contributed by atoms with Crippen molar-refractivity contribution in [3.05, 3.63) is 0 Å². The summed E-state index contributed by atoms with van der Waals surface area (Å²) < 4.78 is 0. The topological polar surface area (TPSA) is 0 Å². The Labute approximate surface area is 78.2 Å². The van der Waals surface area contributed by atoms with E-state index in [-0.39, 0.29) is 0 Å². The van der Waals surface area contributed by atoms with Crippen molar-refractivity contribution in [1.29, 1.82) is 0 Å². The molecule has 0 amide bonds. The highest BCUT2D eigenvalue weighted by atomic mass is 79.9. The average molecular weight is 215 g/mol. The van der Waals surface area contributed by atoms with Crippen LogP contribution in [0.4, 0.5) is 0 Å². The van der Waals surface area contributed by atoms with Gasteiger partial charge in [-0.1, -0.05) is 19.6 Å². The van der Waals surface area contributed by atoms with Gasteiger partial charge < -0.3 is 0 Å². The lowest BCUT2D eigenvalue weighted by molar-refractivity contribution is 0.220. The molecule has 1 aliphatic heterocycles. The second-order valence-electron chi connectivity index (χ2n) is 4.61. The molecule has 1 saturated heterocycles. The molecule has 2 fully saturated rings. The van der Waals surface area contributed by atoms with Crippen molar-refractivity contribution in [1.82, 2.24) is 0 Å². The van der Waals surface area contributed by atoms with Crippen molar-refractivity contribution in [2.45, 2.75) is 38.8 Å². The molecule has 0 aromatic rings. The Morgan fingerprint density at radius 2 is 1.64 bits per heavy atom. The van der Waals surface area contributed by atoms with Crippen LogP contribution in [0.5, 0.6) is 0 Å². The van der Waals surface area contributed by atoms with E-state index >= 15 is 0 Å². The number of fused-ring (bicyclic) bond motifs is 2. The fourth-order valence-corrected chi connectivity index (χ4v) is 4.16. The lowest BCUT2D eigenvalue weighted by Gasteiger charge is -2.39. The first-order valence-corrected chi connectivity index (χ1v) is 5.79. The molecule has 1 saturated carbocycles. The summed E-state index contributed by atoms with van der Waals surface area (Å²) in [4.78, 5) is 0. The quantitative estimate of drug-likeness (QED) is 0.543. The van der Waals surface area contributed by atoms with Gasteiger partial charge in [0.05, 0.1) is 0 Å². The summed E-state index contributed by atoms with van der Waals surface area (Å²) in [5.74, 6) is 3.13. The Morgan fingerprint density at radius 1 is 1.09 bits per heavy atom. The summed E-state index contributed by atoms with van der Waals surface area (Å²) in [7, 11) is 0. The van der Waals surface area contributed by atoms with Crippen molar-refractivity contribution >= 4 is 21.3 Å². The highest BCUT2D eigenvalue weighted by Crippen LogP contribution is 2.44. The van der Waals surface area contributed by atoms with E-state index in [0.717, 1.165) is 23.3 Å². The second-order valence-corrected chi connectivity index (χ2v) is 5.91. The first-order chi connectivity index (χ1) is 5.24. The fraction of sp³-hybridized carbons (Fsp3) is 1.00. The summed E-state index contributed by atoms with van der Waals surface area (Å²) in [6.07, 6.45) is 7.42. The standard InChI is InChI=1S/C9H16BBr/c1-7-2-8-4-9(3-7)6-10(11)5-8/h7-9H,2-6H2,1H3. The van der Waals surface area contributed by atoms with Crippen molar-refractivity contribution in [2.24, 2.45) is 17.8 Å². The number of hydrogen-bond donors (Lipinski definition) is 0. The average Bonchev–Trinajstić information content (AvgIpc) is 1.82. The number of rotatable bonds is 0. The van der Waals surface area contributed by atoms with Gasteiger partial charge in [0.1, 0.15) is 0 Å². The lowest BCUT2D eigenvalue weighted by atomic mass is 9.51. The van der Waals surface area contributed by atoms with E-state index in [1.807, 2.05) is 0 Å². The first kappa shape index (κ1) is 8.16. The van der Waals surface area contributed by atoms with Crippen LogP contribution in [0.3, 0.4) is 0 Å². The predicted octanol–water partition coefficient (Wildman–Crippen LogP) is 3.44. The summed E-state index contributed by atoms with van der Waals surface area (Å²) >= 11 is 3.76. The van der Waals surface area contributed by atoms with Gasteiger partial charge in [-0.25, -0.2) is 0 Å². The molecule has 0 spiro atoms. The minimum absolute atomic E-state index is 0.846. The molecule has 0 N–H and O–H groups in total. The van der Waals surface area contributed by atoms with Gasteiger partial charge in [0.25, 0.3) is 0 Å². The van der Waals surface area contributed by atoms with Gasteiger partial charge in [-0.05, 0) is 37.0 Å². The molecule has 1 heterocycles. The maximum Gasteiger partial charge on any atom is 0.223 e. The van der Waals surface area contributed by atoms with E-state index in [2.05, 4.69) is 22.7 Å². The Balaban J connectivity index is 2.00. The van der Waals surface area contributed by atoms with E-state index in [1.54, 1.807) is 0 Å². The Bertz CT molecular complexity index is 115. The molecular formula is C9H16BBr. The molecule has 0 aromatic carbocycles. The molecule has 0 radical (unpaired) electrons. The molecular weight excluding hydrogens is 199 g/mol. The van der Waals surface area contributed by atoms with E-state index in [0.29, 0.717) is 0 Å². The Hall–Kier alpha value is 0.545. The SMILES string of the molecule is CC1CC2CB(Br)CC(C1)C2. The van der Waals surface area contributed by atoms with E-state index < -0.39 is 0 Å². The maximum atomic E-state index is 3.76. The maximum absolute atomic E-state index is 3.76. The van der Waals surface area contributed by atoms with E-state index in [9.17, 15) is 0 Å². The van der Waals surface area contributed by atoms with Crippen LogP contribution in [0.15, 0.2) is 0 Å². The predicted molar refractivity (Wildman–Crippen MR) is 54.3 cm³/mol. The van der Waals surface area contributed by atoms with Crippen LogP contribution in [-0.4, -0.2) is 5.54 Å². The molecule has 2 heteroatoms. The van der Waals surface area contributed by atoms with Crippen LogP contribution in [0, 0.1) is 17.8 Å². The minimum atomic E-state index is 0.846. The van der Waals surface area contributed by atoms with Crippen molar-refractivity contribution in [3.8, 4) is 0 Å². The Kier molecular flexibility index (Phi) is 2.31. The van der Waals surface area contributed by atoms with Gasteiger partial charge >= 0.3 is 0 Å². The third kappa shape index (κ3) is 1.82. The largest absolute Gasteiger partial charge is 0.223 e. The smallest absolute Gasteiger partial charge is 0.157 e. The zero-order valence-corrected chi connectivity index (χ0v) is 8.81. The van der Waals surface area contributed by atoms with Crippen molar-refractivity contribution < 1.29 is 0 Å². The van der Waals surface area contributed by atoms with Crippen molar-refractivity contribution in [2.75, 3.05) is 0 Å². The van der Waals surface area contributed by atoms with Crippen LogP contribution in [0.2, 0.25) is 12.6 Å². The van der Waals surface area contributed by atoms with E-state index in [4.69, 9.17) is 0 Å². The van der Waals surface area contributed by atoms with Gasteiger partial charge in [0.2, 0.25) is 5.54 Å². The van der Waals surface area contributed by atoms with Crippen LogP contribution in [-0.2, 0) is 0 Å². The molecule has 2 bridgehead atoms. The molecule has 2 atom stereocenters.